The van der Waals surface area contributed by atoms with Crippen molar-refractivity contribution in [2.45, 2.75) is 46.6 Å². The van der Waals surface area contributed by atoms with E-state index in [1.54, 1.807) is 12.3 Å². The van der Waals surface area contributed by atoms with Crippen LogP contribution in [0.15, 0.2) is 90.0 Å². The summed E-state index contributed by atoms with van der Waals surface area (Å²) in [5.41, 5.74) is 5.15. The molecule has 0 unspecified atom stereocenters. The van der Waals surface area contributed by atoms with Crippen molar-refractivity contribution in [3.63, 3.8) is 0 Å². The average Bonchev–Trinajstić information content (AvgIpc) is 3.20. The number of hydrogen-bond donors (Lipinski definition) is 0. The van der Waals surface area contributed by atoms with Crippen LogP contribution in [0.25, 0.3) is 16.6 Å². The summed E-state index contributed by atoms with van der Waals surface area (Å²) < 4.78 is 12.5. The molecule has 5 rings (SSSR count). The summed E-state index contributed by atoms with van der Waals surface area (Å²) in [4.78, 5) is 18.3. The number of nitrogens with zero attached hydrogens (tertiary/aromatic N) is 4. The van der Waals surface area contributed by atoms with E-state index in [1.807, 2.05) is 82.3 Å². The van der Waals surface area contributed by atoms with E-state index in [0.717, 1.165) is 47.4 Å². The van der Waals surface area contributed by atoms with Gasteiger partial charge in [-0.2, -0.15) is 9.78 Å². The second kappa shape index (κ2) is 11.7. The van der Waals surface area contributed by atoms with Gasteiger partial charge in [0.2, 0.25) is 0 Å². The maximum atomic E-state index is 13.5. The van der Waals surface area contributed by atoms with Crippen LogP contribution in [0.4, 0.5) is 0 Å². The van der Waals surface area contributed by atoms with Crippen LogP contribution in [-0.2, 0) is 12.0 Å². The summed E-state index contributed by atoms with van der Waals surface area (Å²) in [6.45, 7) is 10.7. The summed E-state index contributed by atoms with van der Waals surface area (Å²) in [6, 6.07) is 21.7. The second-order valence-electron chi connectivity index (χ2n) is 10.9. The molecule has 41 heavy (non-hydrogen) atoms. The van der Waals surface area contributed by atoms with E-state index in [2.05, 4.69) is 70.4 Å². The molecule has 210 valence electrons. The molecule has 3 aromatic carbocycles. The van der Waals surface area contributed by atoms with E-state index in [0.29, 0.717) is 23.3 Å². The smallest absolute Gasteiger partial charge is 0.282 e. The molecule has 0 aliphatic rings. The molecule has 0 radical (unpaired) electrons. The minimum Gasteiger partial charge on any atom is -0.489 e. The van der Waals surface area contributed by atoms with Crippen molar-refractivity contribution in [2.75, 3.05) is 0 Å². The fourth-order valence-electron chi connectivity index (χ4n) is 4.67. The normalized spacial score (nSPS) is 12.0. The van der Waals surface area contributed by atoms with E-state index in [-0.39, 0.29) is 11.0 Å². The number of rotatable bonds is 6. The average molecular weight is 741 g/mol. The second-order valence-corrected chi connectivity index (χ2v) is 13.6. The van der Waals surface area contributed by atoms with Gasteiger partial charge in [0.15, 0.2) is 0 Å². The fourth-order valence-corrected chi connectivity index (χ4v) is 6.19. The SMILES string of the molecule is Cc1cc(C=Nn2c(C(C)(C)C)nc3ccc(Br)cc3c2=O)c(C)n1-c1ccc(OCc2ccc(Br)cc2Br)cc1. The lowest BCUT2D eigenvalue weighted by Gasteiger charge is -2.20. The Morgan fingerprint density at radius 3 is 2.29 bits per heavy atom. The van der Waals surface area contributed by atoms with Crippen molar-refractivity contribution in [1.82, 2.24) is 14.2 Å². The minimum atomic E-state index is -0.383. The quantitative estimate of drug-likeness (QED) is 0.164. The van der Waals surface area contributed by atoms with Crippen LogP contribution < -0.4 is 10.3 Å². The van der Waals surface area contributed by atoms with Crippen molar-refractivity contribution in [1.29, 1.82) is 0 Å². The first kappa shape index (κ1) is 29.5. The number of hydrogen-bond acceptors (Lipinski definition) is 4. The van der Waals surface area contributed by atoms with Gasteiger partial charge in [0, 0.05) is 47.0 Å². The summed E-state index contributed by atoms with van der Waals surface area (Å²) in [5.74, 6) is 1.39. The van der Waals surface area contributed by atoms with Crippen LogP contribution in [0.5, 0.6) is 5.75 Å². The zero-order valence-electron chi connectivity index (χ0n) is 23.4. The van der Waals surface area contributed by atoms with Crippen molar-refractivity contribution in [3.8, 4) is 11.4 Å². The summed E-state index contributed by atoms with van der Waals surface area (Å²) in [5, 5.41) is 5.19. The molecule has 0 fully saturated rings. The molecule has 0 amide bonds. The highest BCUT2D eigenvalue weighted by atomic mass is 79.9. The molecular weight excluding hydrogens is 712 g/mol. The van der Waals surface area contributed by atoms with E-state index in [4.69, 9.17) is 9.72 Å². The molecule has 0 N–H and O–H groups in total. The Morgan fingerprint density at radius 1 is 0.927 bits per heavy atom. The Hall–Kier alpha value is -3.01. The monoisotopic (exact) mass is 738 g/mol. The van der Waals surface area contributed by atoms with Crippen LogP contribution in [0.3, 0.4) is 0 Å². The summed E-state index contributed by atoms with van der Waals surface area (Å²) in [7, 11) is 0. The molecule has 0 saturated heterocycles. The third kappa shape index (κ3) is 6.27. The fraction of sp³-hybridized carbons (Fsp3) is 0.219. The number of benzene rings is 3. The van der Waals surface area contributed by atoms with Gasteiger partial charge in [0.25, 0.3) is 5.56 Å². The van der Waals surface area contributed by atoms with E-state index >= 15 is 0 Å². The number of fused-ring (bicyclic) bond motifs is 1. The third-order valence-electron chi connectivity index (χ3n) is 6.77. The molecule has 2 aromatic heterocycles. The first-order valence-electron chi connectivity index (χ1n) is 13.1. The first-order valence-corrected chi connectivity index (χ1v) is 15.4. The molecule has 6 nitrogen and oxygen atoms in total. The highest BCUT2D eigenvalue weighted by Crippen LogP contribution is 2.26. The maximum absolute atomic E-state index is 13.5. The molecule has 0 aliphatic carbocycles. The van der Waals surface area contributed by atoms with Crippen molar-refractivity contribution >= 4 is 64.9 Å². The topological polar surface area (TPSA) is 61.4 Å². The zero-order valence-corrected chi connectivity index (χ0v) is 28.1. The van der Waals surface area contributed by atoms with Gasteiger partial charge in [0.05, 0.1) is 17.1 Å². The van der Waals surface area contributed by atoms with Gasteiger partial charge in [0.1, 0.15) is 18.2 Å². The van der Waals surface area contributed by atoms with Gasteiger partial charge >= 0.3 is 0 Å². The van der Waals surface area contributed by atoms with Crippen LogP contribution in [-0.4, -0.2) is 20.4 Å². The lowest BCUT2D eigenvalue weighted by atomic mass is 9.95. The third-order valence-corrected chi connectivity index (χ3v) is 8.49. The number of halogens is 3. The molecule has 0 bridgehead atoms. The highest BCUT2D eigenvalue weighted by molar-refractivity contribution is 9.11. The van der Waals surface area contributed by atoms with Crippen LogP contribution in [0.1, 0.15) is 49.1 Å². The Kier molecular flexibility index (Phi) is 8.41. The molecule has 5 aromatic rings. The van der Waals surface area contributed by atoms with Crippen molar-refractivity contribution in [3.05, 3.63) is 119 Å². The number of aryl methyl sites for hydroxylation is 1. The minimum absolute atomic E-state index is 0.197. The first-order chi connectivity index (χ1) is 19.4. The Balaban J connectivity index is 1.43. The number of ether oxygens (including phenoxy) is 1. The molecule has 0 spiro atoms. The van der Waals surface area contributed by atoms with Gasteiger partial charge in [-0.15, -0.1) is 0 Å². The van der Waals surface area contributed by atoms with Gasteiger partial charge in [-0.1, -0.05) is 74.6 Å². The predicted octanol–water partition coefficient (Wildman–Crippen LogP) is 8.85. The van der Waals surface area contributed by atoms with E-state index in [1.165, 1.54) is 4.68 Å². The standard InChI is InChI=1S/C32H29Br3N4O2/c1-19-14-22(17-36-39-30(40)27-15-23(33)8-13-29(27)37-31(39)32(3,4)5)20(2)38(19)25-9-11-26(12-10-25)41-18-21-6-7-24(34)16-28(21)35/h6-17H,18H2,1-5H3. The van der Waals surface area contributed by atoms with Gasteiger partial charge in [-0.3, -0.25) is 4.79 Å². The van der Waals surface area contributed by atoms with E-state index < -0.39 is 0 Å². The van der Waals surface area contributed by atoms with Crippen LogP contribution >= 0.6 is 47.8 Å². The van der Waals surface area contributed by atoms with Gasteiger partial charge < -0.3 is 9.30 Å². The largest absolute Gasteiger partial charge is 0.489 e. The zero-order chi connectivity index (χ0) is 29.5. The molecule has 0 saturated carbocycles. The van der Waals surface area contributed by atoms with Crippen molar-refractivity contribution < 1.29 is 4.74 Å². The predicted molar refractivity (Wildman–Crippen MR) is 177 cm³/mol. The molecule has 0 aliphatic heterocycles. The molecule has 2 heterocycles. The van der Waals surface area contributed by atoms with Crippen LogP contribution in [0, 0.1) is 13.8 Å². The lowest BCUT2D eigenvalue weighted by molar-refractivity contribution is 0.305. The molecule has 0 atom stereocenters. The highest BCUT2D eigenvalue weighted by Gasteiger charge is 2.23. The van der Waals surface area contributed by atoms with Crippen LogP contribution in [0.2, 0.25) is 0 Å². The maximum Gasteiger partial charge on any atom is 0.282 e. The van der Waals surface area contributed by atoms with Gasteiger partial charge in [-0.25, -0.2) is 4.98 Å². The Morgan fingerprint density at radius 2 is 1.61 bits per heavy atom. The Bertz CT molecular complexity index is 1850. The summed E-state index contributed by atoms with van der Waals surface area (Å²) >= 11 is 10.5. The van der Waals surface area contributed by atoms with Crippen molar-refractivity contribution in [2.24, 2.45) is 5.10 Å². The summed E-state index contributed by atoms with van der Waals surface area (Å²) in [6.07, 6.45) is 1.74. The van der Waals surface area contributed by atoms with E-state index in [9.17, 15) is 4.79 Å². The Labute approximate surface area is 264 Å². The number of aromatic nitrogens is 3. The van der Waals surface area contributed by atoms with Gasteiger partial charge in [-0.05, 0) is 74.5 Å². The lowest BCUT2D eigenvalue weighted by Crippen LogP contribution is -2.29. The molecular formula is C32H29Br3N4O2. The molecule has 9 heteroatoms.